The highest BCUT2D eigenvalue weighted by Crippen LogP contribution is 2.25. The van der Waals surface area contributed by atoms with E-state index in [1.54, 1.807) is 18.2 Å². The second kappa shape index (κ2) is 5.35. The fourth-order valence-corrected chi connectivity index (χ4v) is 3.43. The van der Waals surface area contributed by atoms with Gasteiger partial charge in [0, 0.05) is 30.6 Å². The summed E-state index contributed by atoms with van der Waals surface area (Å²) in [5, 5.41) is 0.511. The number of amides is 1. The highest BCUT2D eigenvalue weighted by molar-refractivity contribution is 7.80. The highest BCUT2D eigenvalue weighted by Gasteiger charge is 2.33. The molecule has 3 rings (SSSR count). The zero-order valence-electron chi connectivity index (χ0n) is 10.7. The predicted octanol–water partition coefficient (Wildman–Crippen LogP) is 2.55. The monoisotopic (exact) mass is 296 g/mol. The Morgan fingerprint density at radius 2 is 2.16 bits per heavy atom. The molecule has 0 aromatic heterocycles. The lowest BCUT2D eigenvalue weighted by atomic mass is 10.1. The fourth-order valence-electron chi connectivity index (χ4n) is 3.02. The van der Waals surface area contributed by atoms with Crippen molar-refractivity contribution in [3.05, 3.63) is 28.8 Å². The Bertz CT molecular complexity index is 508. The minimum absolute atomic E-state index is 0.0347. The number of fused-ring (bicyclic) bond motifs is 1. The molecule has 1 atom stereocenters. The molecule has 1 unspecified atom stereocenters. The molecule has 1 aromatic carbocycles. The zero-order valence-corrected chi connectivity index (χ0v) is 12.3. The normalized spacial score (nSPS) is 23.5. The lowest BCUT2D eigenvalue weighted by Crippen LogP contribution is -2.52. The molecule has 2 heterocycles. The van der Waals surface area contributed by atoms with Gasteiger partial charge in [0.2, 0.25) is 0 Å². The summed E-state index contributed by atoms with van der Waals surface area (Å²) >= 11 is 10.4. The fraction of sp³-hybridized carbons (Fsp3) is 0.500. The van der Waals surface area contributed by atoms with Crippen molar-refractivity contribution in [2.24, 2.45) is 0 Å². The van der Waals surface area contributed by atoms with E-state index in [-0.39, 0.29) is 5.91 Å². The molecular formula is C14H17ClN2OS. The summed E-state index contributed by atoms with van der Waals surface area (Å²) in [5.74, 6) is 0.0347. The van der Waals surface area contributed by atoms with Gasteiger partial charge in [-0.25, -0.2) is 0 Å². The maximum absolute atomic E-state index is 12.6. The van der Waals surface area contributed by atoms with Crippen molar-refractivity contribution in [3.8, 4) is 0 Å². The van der Waals surface area contributed by atoms with E-state index in [1.807, 2.05) is 4.90 Å². The number of hydrogen-bond donors (Lipinski definition) is 1. The van der Waals surface area contributed by atoms with E-state index < -0.39 is 0 Å². The van der Waals surface area contributed by atoms with Crippen LogP contribution in [0.25, 0.3) is 0 Å². The maximum atomic E-state index is 12.6. The first-order valence-corrected chi connectivity index (χ1v) is 7.49. The van der Waals surface area contributed by atoms with E-state index in [4.69, 9.17) is 11.6 Å². The van der Waals surface area contributed by atoms with Gasteiger partial charge in [-0.2, -0.15) is 0 Å². The number of piperazine rings is 1. The van der Waals surface area contributed by atoms with E-state index in [0.29, 0.717) is 16.6 Å². The smallest absolute Gasteiger partial charge is 0.255 e. The highest BCUT2D eigenvalue weighted by atomic mass is 35.5. The molecule has 5 heteroatoms. The first-order chi connectivity index (χ1) is 9.15. The molecule has 19 heavy (non-hydrogen) atoms. The van der Waals surface area contributed by atoms with Crippen molar-refractivity contribution in [1.29, 1.82) is 0 Å². The van der Waals surface area contributed by atoms with Gasteiger partial charge in [-0.05, 0) is 37.6 Å². The molecule has 2 aliphatic heterocycles. The standard InChI is InChI=1S/C14H17ClN2OS/c15-13-4-3-11(19)8-12(13)14(18)17-7-6-16-5-1-2-10(16)9-17/h3-4,8,10,19H,1-2,5-7,9H2. The molecule has 3 nitrogen and oxygen atoms in total. The molecule has 2 saturated heterocycles. The Morgan fingerprint density at radius 3 is 3.00 bits per heavy atom. The molecule has 0 spiro atoms. The van der Waals surface area contributed by atoms with E-state index in [0.717, 1.165) is 24.5 Å². The first kappa shape index (κ1) is 13.3. The number of nitrogens with zero attached hydrogens (tertiary/aromatic N) is 2. The topological polar surface area (TPSA) is 23.6 Å². The molecule has 0 N–H and O–H groups in total. The van der Waals surface area contributed by atoms with Crippen LogP contribution in [0.3, 0.4) is 0 Å². The molecule has 0 radical (unpaired) electrons. The van der Waals surface area contributed by atoms with Crippen LogP contribution < -0.4 is 0 Å². The third kappa shape index (κ3) is 2.62. The van der Waals surface area contributed by atoms with Gasteiger partial charge in [0.1, 0.15) is 0 Å². The van der Waals surface area contributed by atoms with Crippen LogP contribution in [0, 0.1) is 0 Å². The Labute approximate surface area is 123 Å². The lowest BCUT2D eigenvalue weighted by molar-refractivity contribution is 0.0571. The molecule has 0 aliphatic carbocycles. The summed E-state index contributed by atoms with van der Waals surface area (Å²) < 4.78 is 0. The molecule has 1 amide bonds. The summed E-state index contributed by atoms with van der Waals surface area (Å²) in [6.45, 7) is 3.78. The van der Waals surface area contributed by atoms with Crippen molar-refractivity contribution >= 4 is 30.1 Å². The molecular weight excluding hydrogens is 280 g/mol. The average molecular weight is 297 g/mol. The SMILES string of the molecule is O=C(c1cc(S)ccc1Cl)N1CCN2CCCC2C1. The number of hydrogen-bond acceptors (Lipinski definition) is 3. The van der Waals surface area contributed by atoms with Crippen LogP contribution in [-0.2, 0) is 0 Å². The Hall–Kier alpha value is -0.710. The summed E-state index contributed by atoms with van der Waals surface area (Å²) in [4.78, 5) is 17.7. The molecule has 102 valence electrons. The third-order valence-electron chi connectivity index (χ3n) is 4.05. The Morgan fingerprint density at radius 1 is 1.32 bits per heavy atom. The second-order valence-electron chi connectivity index (χ2n) is 5.25. The van der Waals surface area contributed by atoms with Crippen LogP contribution in [0.4, 0.5) is 0 Å². The van der Waals surface area contributed by atoms with Crippen LogP contribution in [0.2, 0.25) is 5.02 Å². The van der Waals surface area contributed by atoms with E-state index >= 15 is 0 Å². The first-order valence-electron chi connectivity index (χ1n) is 6.67. The quantitative estimate of drug-likeness (QED) is 0.805. The average Bonchev–Trinajstić information content (AvgIpc) is 2.88. The molecule has 1 aromatic rings. The van der Waals surface area contributed by atoms with Crippen molar-refractivity contribution < 1.29 is 4.79 Å². The van der Waals surface area contributed by atoms with Crippen LogP contribution in [0.15, 0.2) is 23.1 Å². The number of carbonyl (C=O) groups is 1. The van der Waals surface area contributed by atoms with E-state index in [1.165, 1.54) is 19.4 Å². The van der Waals surface area contributed by atoms with Crippen LogP contribution in [0.5, 0.6) is 0 Å². The minimum atomic E-state index is 0.0347. The van der Waals surface area contributed by atoms with Gasteiger partial charge in [-0.15, -0.1) is 12.6 Å². The van der Waals surface area contributed by atoms with Gasteiger partial charge in [0.15, 0.2) is 0 Å². The summed E-state index contributed by atoms with van der Waals surface area (Å²) in [7, 11) is 0. The van der Waals surface area contributed by atoms with Gasteiger partial charge < -0.3 is 4.90 Å². The van der Waals surface area contributed by atoms with Crippen LogP contribution in [0.1, 0.15) is 23.2 Å². The van der Waals surface area contributed by atoms with E-state index in [2.05, 4.69) is 17.5 Å². The Kier molecular flexibility index (Phi) is 3.74. The molecule has 2 fully saturated rings. The van der Waals surface area contributed by atoms with Crippen molar-refractivity contribution in [2.45, 2.75) is 23.8 Å². The lowest BCUT2D eigenvalue weighted by Gasteiger charge is -2.37. The second-order valence-corrected chi connectivity index (χ2v) is 6.17. The van der Waals surface area contributed by atoms with Gasteiger partial charge in [0.05, 0.1) is 10.6 Å². The number of rotatable bonds is 1. The summed E-state index contributed by atoms with van der Waals surface area (Å²) in [5.41, 5.74) is 0.570. The zero-order chi connectivity index (χ0) is 13.4. The largest absolute Gasteiger partial charge is 0.336 e. The number of thiol groups is 1. The molecule has 0 saturated carbocycles. The number of carbonyl (C=O) groups excluding carboxylic acids is 1. The van der Waals surface area contributed by atoms with Gasteiger partial charge in [-0.3, -0.25) is 9.69 Å². The van der Waals surface area contributed by atoms with Crippen molar-refractivity contribution in [3.63, 3.8) is 0 Å². The van der Waals surface area contributed by atoms with Crippen molar-refractivity contribution in [2.75, 3.05) is 26.2 Å². The van der Waals surface area contributed by atoms with Crippen LogP contribution >= 0.6 is 24.2 Å². The summed E-state index contributed by atoms with van der Waals surface area (Å²) in [6.07, 6.45) is 2.45. The minimum Gasteiger partial charge on any atom is -0.336 e. The van der Waals surface area contributed by atoms with Gasteiger partial charge >= 0.3 is 0 Å². The van der Waals surface area contributed by atoms with Gasteiger partial charge in [0.25, 0.3) is 5.91 Å². The predicted molar refractivity (Wildman–Crippen MR) is 79.2 cm³/mol. The third-order valence-corrected chi connectivity index (χ3v) is 4.66. The van der Waals surface area contributed by atoms with Gasteiger partial charge in [-0.1, -0.05) is 11.6 Å². The molecule has 0 bridgehead atoms. The van der Waals surface area contributed by atoms with E-state index in [9.17, 15) is 4.79 Å². The van der Waals surface area contributed by atoms with Crippen LogP contribution in [-0.4, -0.2) is 47.9 Å². The summed E-state index contributed by atoms with van der Waals surface area (Å²) in [6, 6.07) is 5.84. The molecule has 2 aliphatic rings. The number of benzene rings is 1. The maximum Gasteiger partial charge on any atom is 0.255 e. The Balaban J connectivity index is 1.78. The number of halogens is 1. The van der Waals surface area contributed by atoms with Crippen molar-refractivity contribution in [1.82, 2.24) is 9.80 Å².